The Morgan fingerprint density at radius 3 is 2.71 bits per heavy atom. The molecule has 0 bridgehead atoms. The van der Waals surface area contributed by atoms with E-state index in [9.17, 15) is 9.18 Å². The van der Waals surface area contributed by atoms with Gasteiger partial charge in [0.15, 0.2) is 0 Å². The Bertz CT molecular complexity index is 665. The molecule has 21 heavy (non-hydrogen) atoms. The maximum Gasteiger partial charge on any atom is 0.241 e. The van der Waals surface area contributed by atoms with Gasteiger partial charge in [-0.3, -0.25) is 4.79 Å². The van der Waals surface area contributed by atoms with Crippen molar-refractivity contribution in [1.29, 1.82) is 0 Å². The second-order valence-corrected chi connectivity index (χ2v) is 4.67. The molecular formula is C16H13ClFNO2. The zero-order valence-electron chi connectivity index (χ0n) is 11.1. The fourth-order valence-corrected chi connectivity index (χ4v) is 1.96. The summed E-state index contributed by atoms with van der Waals surface area (Å²) in [5.41, 5.74) is 6.02. The lowest BCUT2D eigenvalue weighted by Crippen LogP contribution is -2.05. The largest absolute Gasteiger partial charge is 0.488 e. The Labute approximate surface area is 126 Å². The quantitative estimate of drug-likeness (QED) is 0.859. The number of amides is 1. The molecule has 108 valence electrons. The van der Waals surface area contributed by atoms with Crippen molar-refractivity contribution in [3.8, 4) is 5.75 Å². The van der Waals surface area contributed by atoms with E-state index in [1.54, 1.807) is 36.4 Å². The van der Waals surface area contributed by atoms with Crippen LogP contribution in [0.3, 0.4) is 0 Å². The van der Waals surface area contributed by atoms with E-state index in [0.29, 0.717) is 16.3 Å². The summed E-state index contributed by atoms with van der Waals surface area (Å²) in [6, 6.07) is 11.5. The Kier molecular flexibility index (Phi) is 4.95. The third-order valence-electron chi connectivity index (χ3n) is 2.78. The smallest absolute Gasteiger partial charge is 0.241 e. The number of halogens is 2. The van der Waals surface area contributed by atoms with Crippen molar-refractivity contribution in [2.24, 2.45) is 5.73 Å². The van der Waals surface area contributed by atoms with E-state index < -0.39 is 11.7 Å². The molecule has 2 aromatic rings. The first-order valence-corrected chi connectivity index (χ1v) is 6.58. The highest BCUT2D eigenvalue weighted by atomic mass is 35.5. The van der Waals surface area contributed by atoms with E-state index in [1.165, 1.54) is 18.2 Å². The summed E-state index contributed by atoms with van der Waals surface area (Å²) in [4.78, 5) is 10.8. The molecule has 0 aliphatic carbocycles. The minimum absolute atomic E-state index is 0.00701. The van der Waals surface area contributed by atoms with Crippen LogP contribution in [0.1, 0.15) is 11.1 Å². The molecule has 2 aromatic carbocycles. The molecule has 2 N–H and O–H groups in total. The van der Waals surface area contributed by atoms with Crippen molar-refractivity contribution in [1.82, 2.24) is 0 Å². The SMILES string of the molecule is NC(=O)/C=C/c1ccccc1OCc1c(F)cccc1Cl. The number of primary amides is 1. The molecule has 3 nitrogen and oxygen atoms in total. The van der Waals surface area contributed by atoms with Crippen LogP contribution in [0.15, 0.2) is 48.5 Å². The lowest BCUT2D eigenvalue weighted by atomic mass is 10.2. The van der Waals surface area contributed by atoms with Gasteiger partial charge in [-0.1, -0.05) is 35.9 Å². The van der Waals surface area contributed by atoms with Crippen LogP contribution in [0.25, 0.3) is 6.08 Å². The van der Waals surface area contributed by atoms with Crippen LogP contribution in [-0.4, -0.2) is 5.91 Å². The van der Waals surface area contributed by atoms with E-state index in [1.807, 2.05) is 0 Å². The fourth-order valence-electron chi connectivity index (χ4n) is 1.74. The number of carbonyl (C=O) groups excluding carboxylic acids is 1. The number of hydrogen-bond acceptors (Lipinski definition) is 2. The molecule has 0 aliphatic heterocycles. The lowest BCUT2D eigenvalue weighted by Gasteiger charge is -2.11. The Morgan fingerprint density at radius 2 is 2.00 bits per heavy atom. The van der Waals surface area contributed by atoms with Crippen molar-refractivity contribution in [2.45, 2.75) is 6.61 Å². The number of hydrogen-bond donors (Lipinski definition) is 1. The summed E-state index contributed by atoms with van der Waals surface area (Å²) in [6.45, 7) is -0.00701. The summed E-state index contributed by atoms with van der Waals surface area (Å²) in [5.74, 6) is -0.469. The zero-order chi connectivity index (χ0) is 15.2. The molecule has 2 rings (SSSR count). The summed E-state index contributed by atoms with van der Waals surface area (Å²) in [6.07, 6.45) is 2.78. The third kappa shape index (κ3) is 4.07. The van der Waals surface area contributed by atoms with Crippen LogP contribution in [0.4, 0.5) is 4.39 Å². The van der Waals surface area contributed by atoms with Crippen LogP contribution >= 0.6 is 11.6 Å². The number of ether oxygens (including phenoxy) is 1. The molecule has 0 aliphatic rings. The number of nitrogens with two attached hydrogens (primary N) is 1. The molecule has 0 saturated carbocycles. The van der Waals surface area contributed by atoms with Crippen molar-refractivity contribution >= 4 is 23.6 Å². The summed E-state index contributed by atoms with van der Waals surface area (Å²) >= 11 is 5.94. The number of rotatable bonds is 5. The number of benzene rings is 2. The first kappa shape index (κ1) is 15.1. The minimum Gasteiger partial charge on any atom is -0.488 e. The second-order valence-electron chi connectivity index (χ2n) is 4.26. The summed E-state index contributed by atoms with van der Waals surface area (Å²) in [5, 5.41) is 0.306. The van der Waals surface area contributed by atoms with E-state index >= 15 is 0 Å². The second kappa shape index (κ2) is 6.90. The van der Waals surface area contributed by atoms with Gasteiger partial charge in [0.25, 0.3) is 0 Å². The van der Waals surface area contributed by atoms with E-state index in [0.717, 1.165) is 0 Å². The van der Waals surface area contributed by atoms with Crippen molar-refractivity contribution < 1.29 is 13.9 Å². The lowest BCUT2D eigenvalue weighted by molar-refractivity contribution is -0.113. The molecule has 5 heteroatoms. The highest BCUT2D eigenvalue weighted by Crippen LogP contribution is 2.24. The third-order valence-corrected chi connectivity index (χ3v) is 3.13. The molecule has 0 spiro atoms. The predicted octanol–water partition coefficient (Wildman–Crippen LogP) is 3.56. The normalized spacial score (nSPS) is 10.8. The van der Waals surface area contributed by atoms with Crippen LogP contribution in [0, 0.1) is 5.82 Å². The van der Waals surface area contributed by atoms with Crippen LogP contribution < -0.4 is 10.5 Å². The minimum atomic E-state index is -0.554. The molecule has 0 aromatic heterocycles. The average Bonchev–Trinajstić information content (AvgIpc) is 2.45. The molecule has 0 heterocycles. The van der Waals surface area contributed by atoms with Gasteiger partial charge < -0.3 is 10.5 Å². The van der Waals surface area contributed by atoms with Gasteiger partial charge >= 0.3 is 0 Å². The number of para-hydroxylation sites is 1. The van der Waals surface area contributed by atoms with Crippen molar-refractivity contribution in [3.63, 3.8) is 0 Å². The summed E-state index contributed by atoms with van der Waals surface area (Å²) < 4.78 is 19.3. The van der Waals surface area contributed by atoms with Gasteiger partial charge in [-0.15, -0.1) is 0 Å². The van der Waals surface area contributed by atoms with Gasteiger partial charge in [0.05, 0.1) is 5.02 Å². The van der Waals surface area contributed by atoms with Crippen LogP contribution in [0.2, 0.25) is 5.02 Å². The molecule has 1 amide bonds. The van der Waals surface area contributed by atoms with Crippen LogP contribution in [-0.2, 0) is 11.4 Å². The Morgan fingerprint density at radius 1 is 1.24 bits per heavy atom. The van der Waals surface area contributed by atoms with Crippen molar-refractivity contribution in [3.05, 3.63) is 70.5 Å². The maximum atomic E-state index is 13.7. The first-order valence-electron chi connectivity index (χ1n) is 6.20. The molecule has 0 unspecified atom stereocenters. The fraction of sp³-hybridized carbons (Fsp3) is 0.0625. The van der Waals surface area contributed by atoms with E-state index in [-0.39, 0.29) is 12.2 Å². The maximum absolute atomic E-state index is 13.7. The molecular weight excluding hydrogens is 293 g/mol. The highest BCUT2D eigenvalue weighted by molar-refractivity contribution is 6.31. The number of carbonyl (C=O) groups is 1. The van der Waals surface area contributed by atoms with Crippen LogP contribution in [0.5, 0.6) is 5.75 Å². The first-order chi connectivity index (χ1) is 10.1. The van der Waals surface area contributed by atoms with Gasteiger partial charge in [-0.25, -0.2) is 4.39 Å². The van der Waals surface area contributed by atoms with Crippen molar-refractivity contribution in [2.75, 3.05) is 0 Å². The standard InChI is InChI=1S/C16H13ClFNO2/c17-13-5-3-6-14(18)12(13)10-21-15-7-2-1-4-11(15)8-9-16(19)20/h1-9H,10H2,(H2,19,20)/b9-8+. The topological polar surface area (TPSA) is 52.3 Å². The Hall–Kier alpha value is -2.33. The monoisotopic (exact) mass is 305 g/mol. The molecule has 0 saturated heterocycles. The highest BCUT2D eigenvalue weighted by Gasteiger charge is 2.08. The van der Waals surface area contributed by atoms with Gasteiger partial charge in [0, 0.05) is 17.2 Å². The molecule has 0 radical (unpaired) electrons. The van der Waals surface area contributed by atoms with Gasteiger partial charge in [0.2, 0.25) is 5.91 Å². The van der Waals surface area contributed by atoms with E-state index in [2.05, 4.69) is 0 Å². The average molecular weight is 306 g/mol. The van der Waals surface area contributed by atoms with E-state index in [4.69, 9.17) is 22.1 Å². The van der Waals surface area contributed by atoms with Gasteiger partial charge in [-0.05, 0) is 24.3 Å². The Balaban J connectivity index is 2.19. The zero-order valence-corrected chi connectivity index (χ0v) is 11.8. The molecule has 0 fully saturated rings. The molecule has 0 atom stereocenters. The predicted molar refractivity (Wildman–Crippen MR) is 80.4 cm³/mol. The summed E-state index contributed by atoms with van der Waals surface area (Å²) in [7, 11) is 0. The van der Waals surface area contributed by atoms with Gasteiger partial charge in [-0.2, -0.15) is 0 Å². The van der Waals surface area contributed by atoms with Gasteiger partial charge in [0.1, 0.15) is 18.2 Å².